The predicted molar refractivity (Wildman–Crippen MR) is 81.3 cm³/mol. The predicted octanol–water partition coefficient (Wildman–Crippen LogP) is 3.73. The first kappa shape index (κ1) is 13.4. The average molecular weight is 270 g/mol. The monoisotopic (exact) mass is 270 g/mol. The second-order valence-electron chi connectivity index (χ2n) is 5.82. The molecular formula is C18H24NO+. The zero-order chi connectivity index (χ0) is 13.6. The summed E-state index contributed by atoms with van der Waals surface area (Å²) in [6.07, 6.45) is 8.37. The van der Waals surface area contributed by atoms with Crippen LogP contribution < -0.4 is 5.32 Å². The first-order valence-electron chi connectivity index (χ1n) is 7.89. The van der Waals surface area contributed by atoms with Crippen LogP contribution in [-0.4, -0.2) is 6.04 Å². The zero-order valence-corrected chi connectivity index (χ0v) is 12.1. The third kappa shape index (κ3) is 3.51. The summed E-state index contributed by atoms with van der Waals surface area (Å²) in [7, 11) is 0. The van der Waals surface area contributed by atoms with Crippen molar-refractivity contribution >= 4 is 0 Å². The second kappa shape index (κ2) is 6.76. The van der Waals surface area contributed by atoms with E-state index in [1.54, 1.807) is 0 Å². The molecule has 3 rings (SSSR count). The van der Waals surface area contributed by atoms with Gasteiger partial charge in [-0.05, 0) is 37.8 Å². The maximum Gasteiger partial charge on any atom is 0.158 e. The molecular weight excluding hydrogens is 246 g/mol. The molecule has 1 heterocycles. The third-order valence-electron chi connectivity index (χ3n) is 4.27. The highest BCUT2D eigenvalue weighted by Crippen LogP contribution is 2.21. The lowest BCUT2D eigenvalue weighted by atomic mass is 10.1. The first-order valence-corrected chi connectivity index (χ1v) is 7.89. The van der Waals surface area contributed by atoms with Crippen LogP contribution in [0.4, 0.5) is 0 Å². The molecule has 0 aliphatic heterocycles. The number of quaternary nitrogens is 1. The highest BCUT2D eigenvalue weighted by Gasteiger charge is 2.15. The lowest BCUT2D eigenvalue weighted by Crippen LogP contribution is -2.88. The van der Waals surface area contributed by atoms with Crippen LogP contribution in [0, 0.1) is 0 Å². The quantitative estimate of drug-likeness (QED) is 0.843. The van der Waals surface area contributed by atoms with Crippen LogP contribution >= 0.6 is 0 Å². The van der Waals surface area contributed by atoms with Gasteiger partial charge in [-0.2, -0.15) is 0 Å². The summed E-state index contributed by atoms with van der Waals surface area (Å²) in [4.78, 5) is 0. The van der Waals surface area contributed by atoms with Crippen molar-refractivity contribution in [1.82, 2.24) is 0 Å². The van der Waals surface area contributed by atoms with Gasteiger partial charge in [-0.25, -0.2) is 0 Å². The van der Waals surface area contributed by atoms with E-state index in [4.69, 9.17) is 4.42 Å². The molecule has 1 aliphatic carbocycles. The van der Waals surface area contributed by atoms with E-state index in [0.717, 1.165) is 29.7 Å². The Balaban J connectivity index is 1.57. The molecule has 2 N–H and O–H groups in total. The smallest absolute Gasteiger partial charge is 0.158 e. The van der Waals surface area contributed by atoms with Crippen LogP contribution in [0.2, 0.25) is 0 Å². The number of hydrogen-bond acceptors (Lipinski definition) is 1. The Labute approximate surface area is 121 Å². The topological polar surface area (TPSA) is 29.8 Å². The molecule has 106 valence electrons. The highest BCUT2D eigenvalue weighted by molar-refractivity contribution is 5.57. The van der Waals surface area contributed by atoms with Gasteiger partial charge in [-0.15, -0.1) is 0 Å². The molecule has 0 bridgehead atoms. The molecule has 0 unspecified atom stereocenters. The zero-order valence-electron chi connectivity index (χ0n) is 12.1. The molecule has 1 saturated carbocycles. The van der Waals surface area contributed by atoms with Gasteiger partial charge in [0.25, 0.3) is 0 Å². The van der Waals surface area contributed by atoms with Crippen molar-refractivity contribution in [2.24, 2.45) is 0 Å². The number of benzene rings is 1. The van der Waals surface area contributed by atoms with Crippen LogP contribution in [0.5, 0.6) is 0 Å². The molecule has 2 aromatic rings. The van der Waals surface area contributed by atoms with Gasteiger partial charge >= 0.3 is 0 Å². The molecule has 0 spiro atoms. The van der Waals surface area contributed by atoms with Crippen LogP contribution in [0.1, 0.15) is 44.3 Å². The largest absolute Gasteiger partial charge is 0.455 e. The molecule has 0 amide bonds. The number of furan rings is 1. The summed E-state index contributed by atoms with van der Waals surface area (Å²) in [5.74, 6) is 2.07. The van der Waals surface area contributed by atoms with Crippen molar-refractivity contribution < 1.29 is 9.73 Å². The SMILES string of the molecule is c1ccc(-c2ccc(C[NH2+]C3CCCCCC3)o2)cc1. The van der Waals surface area contributed by atoms with E-state index >= 15 is 0 Å². The van der Waals surface area contributed by atoms with Crippen LogP contribution in [0.3, 0.4) is 0 Å². The van der Waals surface area contributed by atoms with E-state index in [1.807, 2.05) is 6.07 Å². The van der Waals surface area contributed by atoms with Crippen molar-refractivity contribution in [2.75, 3.05) is 0 Å². The van der Waals surface area contributed by atoms with Crippen molar-refractivity contribution in [2.45, 2.75) is 51.1 Å². The number of rotatable bonds is 4. The third-order valence-corrected chi connectivity index (χ3v) is 4.27. The number of nitrogens with two attached hydrogens (primary N) is 1. The Morgan fingerprint density at radius 3 is 2.40 bits per heavy atom. The van der Waals surface area contributed by atoms with E-state index in [0.29, 0.717) is 0 Å². The van der Waals surface area contributed by atoms with Crippen LogP contribution in [-0.2, 0) is 6.54 Å². The summed E-state index contributed by atoms with van der Waals surface area (Å²) < 4.78 is 5.96. The summed E-state index contributed by atoms with van der Waals surface area (Å²) in [6, 6.07) is 15.3. The Morgan fingerprint density at radius 2 is 1.65 bits per heavy atom. The molecule has 1 aromatic heterocycles. The Morgan fingerprint density at radius 1 is 0.900 bits per heavy atom. The van der Waals surface area contributed by atoms with Crippen molar-refractivity contribution in [3.63, 3.8) is 0 Å². The number of hydrogen-bond donors (Lipinski definition) is 1. The molecule has 0 atom stereocenters. The van der Waals surface area contributed by atoms with Gasteiger partial charge in [0.1, 0.15) is 12.3 Å². The van der Waals surface area contributed by atoms with Gasteiger partial charge < -0.3 is 9.73 Å². The maximum atomic E-state index is 5.96. The fourth-order valence-electron chi connectivity index (χ4n) is 3.07. The fraction of sp³-hybridized carbons (Fsp3) is 0.444. The minimum Gasteiger partial charge on any atom is -0.455 e. The van der Waals surface area contributed by atoms with Gasteiger partial charge in [-0.3, -0.25) is 0 Å². The minimum atomic E-state index is 0.794. The van der Waals surface area contributed by atoms with Gasteiger partial charge in [-0.1, -0.05) is 43.2 Å². The molecule has 1 fully saturated rings. The van der Waals surface area contributed by atoms with Gasteiger partial charge in [0.2, 0.25) is 0 Å². The maximum absolute atomic E-state index is 5.96. The van der Waals surface area contributed by atoms with Crippen LogP contribution in [0.15, 0.2) is 46.9 Å². The van der Waals surface area contributed by atoms with Gasteiger partial charge in [0.15, 0.2) is 5.76 Å². The molecule has 2 nitrogen and oxygen atoms in total. The first-order chi connectivity index (χ1) is 9.92. The summed E-state index contributed by atoms with van der Waals surface area (Å²) in [5.41, 5.74) is 1.16. The van der Waals surface area contributed by atoms with Gasteiger partial charge in [0.05, 0.1) is 6.04 Å². The average Bonchev–Trinajstić information content (AvgIpc) is 2.82. The lowest BCUT2D eigenvalue weighted by Gasteiger charge is -2.11. The fourth-order valence-corrected chi connectivity index (χ4v) is 3.07. The molecule has 0 saturated heterocycles. The Hall–Kier alpha value is -1.54. The summed E-state index contributed by atoms with van der Waals surface area (Å²) in [5, 5.41) is 2.47. The minimum absolute atomic E-state index is 0.794. The Bertz CT molecular complexity index is 509. The summed E-state index contributed by atoms with van der Waals surface area (Å²) >= 11 is 0. The molecule has 20 heavy (non-hydrogen) atoms. The van der Waals surface area contributed by atoms with Crippen molar-refractivity contribution in [3.8, 4) is 11.3 Å². The standard InChI is InChI=1S/C18H23NO/c1-2-7-11-16(10-6-1)19-14-17-12-13-18(20-17)15-8-4-3-5-9-15/h3-5,8-9,12-13,16,19H,1-2,6-7,10-11,14H2/p+1. The van der Waals surface area contributed by atoms with Gasteiger partial charge in [0, 0.05) is 5.56 Å². The Kier molecular flexibility index (Phi) is 4.54. The van der Waals surface area contributed by atoms with Crippen molar-refractivity contribution in [1.29, 1.82) is 0 Å². The summed E-state index contributed by atoms with van der Waals surface area (Å²) in [6.45, 7) is 0.970. The molecule has 1 aliphatic rings. The van der Waals surface area contributed by atoms with E-state index in [9.17, 15) is 0 Å². The van der Waals surface area contributed by atoms with E-state index in [-0.39, 0.29) is 0 Å². The molecule has 1 aromatic carbocycles. The van der Waals surface area contributed by atoms with E-state index < -0.39 is 0 Å². The van der Waals surface area contributed by atoms with Crippen LogP contribution in [0.25, 0.3) is 11.3 Å². The normalized spacial score (nSPS) is 17.0. The van der Waals surface area contributed by atoms with E-state index in [2.05, 4.69) is 41.7 Å². The van der Waals surface area contributed by atoms with Crippen molar-refractivity contribution in [3.05, 3.63) is 48.2 Å². The highest BCUT2D eigenvalue weighted by atomic mass is 16.3. The lowest BCUT2D eigenvalue weighted by molar-refractivity contribution is -0.707. The van der Waals surface area contributed by atoms with E-state index in [1.165, 1.54) is 38.5 Å². The molecule has 0 radical (unpaired) electrons. The molecule has 2 heteroatoms. The second-order valence-corrected chi connectivity index (χ2v) is 5.82.